The van der Waals surface area contributed by atoms with Crippen LogP contribution in [-0.4, -0.2) is 47.0 Å². The van der Waals surface area contributed by atoms with E-state index >= 15 is 0 Å². The van der Waals surface area contributed by atoms with Crippen molar-refractivity contribution in [1.82, 2.24) is 10.2 Å². The minimum atomic E-state index is -1.01. The summed E-state index contributed by atoms with van der Waals surface area (Å²) in [6.07, 6.45) is 0.316. The van der Waals surface area contributed by atoms with E-state index < -0.39 is 6.09 Å². The Balaban J connectivity index is 2.31. The molecule has 0 aromatic rings. The number of likely N-dealkylation sites (tertiary alicyclic amines) is 1. The number of alkyl halides is 1. The zero-order chi connectivity index (χ0) is 10.6. The molecule has 2 N–H and O–H groups in total. The maximum Gasteiger partial charge on any atom is 0.404 e. The maximum absolute atomic E-state index is 11.2. The average molecular weight is 221 g/mol. The fraction of sp³-hybridized carbons (Fsp3) is 0.750. The van der Waals surface area contributed by atoms with Crippen molar-refractivity contribution in [2.24, 2.45) is 0 Å². The van der Waals surface area contributed by atoms with Crippen molar-refractivity contribution in [1.29, 1.82) is 0 Å². The lowest BCUT2D eigenvalue weighted by Gasteiger charge is -2.31. The van der Waals surface area contributed by atoms with Crippen LogP contribution in [-0.2, 0) is 4.79 Å². The van der Waals surface area contributed by atoms with E-state index in [1.54, 1.807) is 4.90 Å². The lowest BCUT2D eigenvalue weighted by molar-refractivity contribution is -0.129. The highest BCUT2D eigenvalue weighted by Gasteiger charge is 2.22. The fourth-order valence-corrected chi connectivity index (χ4v) is 1.70. The number of amides is 2. The Bertz CT molecular complexity index is 227. The van der Waals surface area contributed by atoms with Gasteiger partial charge in [0.2, 0.25) is 5.91 Å². The number of carbonyl (C=O) groups is 2. The number of rotatable bonds is 2. The molecular weight excluding hydrogens is 208 g/mol. The fourth-order valence-electron chi connectivity index (χ4n) is 1.53. The van der Waals surface area contributed by atoms with Crippen LogP contribution in [0.5, 0.6) is 0 Å². The van der Waals surface area contributed by atoms with Crippen LogP contribution in [0.1, 0.15) is 12.8 Å². The van der Waals surface area contributed by atoms with Gasteiger partial charge >= 0.3 is 6.09 Å². The molecule has 0 aromatic carbocycles. The first-order valence-electron chi connectivity index (χ1n) is 4.46. The molecule has 2 amide bonds. The van der Waals surface area contributed by atoms with Gasteiger partial charge in [-0.2, -0.15) is 0 Å². The summed E-state index contributed by atoms with van der Waals surface area (Å²) in [5, 5.41) is 10.9. The van der Waals surface area contributed by atoms with E-state index in [2.05, 4.69) is 5.32 Å². The summed E-state index contributed by atoms with van der Waals surface area (Å²) >= 11 is 5.41. The van der Waals surface area contributed by atoms with E-state index in [1.165, 1.54) is 0 Å². The maximum atomic E-state index is 11.2. The lowest BCUT2D eigenvalue weighted by atomic mass is 10.1. The number of piperidine rings is 1. The second kappa shape index (κ2) is 5.05. The predicted octanol–water partition coefficient (Wildman–Crippen LogP) is 0.484. The summed E-state index contributed by atoms with van der Waals surface area (Å²) < 4.78 is 0. The van der Waals surface area contributed by atoms with Crippen LogP contribution < -0.4 is 5.32 Å². The molecule has 80 valence electrons. The second-order valence-corrected chi connectivity index (χ2v) is 3.51. The van der Waals surface area contributed by atoms with Gasteiger partial charge < -0.3 is 15.3 Å². The number of hydrogen-bond donors (Lipinski definition) is 2. The molecule has 14 heavy (non-hydrogen) atoms. The highest BCUT2D eigenvalue weighted by molar-refractivity contribution is 6.27. The third-order valence-electron chi connectivity index (χ3n) is 2.29. The molecule has 0 unspecified atom stereocenters. The first-order valence-corrected chi connectivity index (χ1v) is 5.00. The molecule has 5 nitrogen and oxygen atoms in total. The topological polar surface area (TPSA) is 69.6 Å². The molecule has 0 atom stereocenters. The minimum absolute atomic E-state index is 0.00295. The SMILES string of the molecule is O=C(O)NC1CCN(C(=O)CCl)CC1. The van der Waals surface area contributed by atoms with Crippen LogP contribution in [0.15, 0.2) is 0 Å². The summed E-state index contributed by atoms with van der Waals surface area (Å²) in [5.41, 5.74) is 0. The van der Waals surface area contributed by atoms with Crippen LogP contribution in [0, 0.1) is 0 Å². The quantitative estimate of drug-likeness (QED) is 0.666. The van der Waals surface area contributed by atoms with Crippen LogP contribution in [0.4, 0.5) is 4.79 Å². The lowest BCUT2D eigenvalue weighted by Crippen LogP contribution is -2.46. The van der Waals surface area contributed by atoms with Gasteiger partial charge in [-0.15, -0.1) is 11.6 Å². The monoisotopic (exact) mass is 220 g/mol. The summed E-state index contributed by atoms with van der Waals surface area (Å²) in [4.78, 5) is 23.1. The van der Waals surface area contributed by atoms with Gasteiger partial charge in [-0.3, -0.25) is 4.79 Å². The molecule has 1 rings (SSSR count). The molecule has 1 saturated heterocycles. The van der Waals surface area contributed by atoms with Gasteiger partial charge in [0.15, 0.2) is 0 Å². The highest BCUT2D eigenvalue weighted by Crippen LogP contribution is 2.10. The predicted molar refractivity (Wildman–Crippen MR) is 51.5 cm³/mol. The molecule has 0 aromatic heterocycles. The highest BCUT2D eigenvalue weighted by atomic mass is 35.5. The Morgan fingerprint density at radius 2 is 2.00 bits per heavy atom. The molecule has 0 spiro atoms. The Hall–Kier alpha value is -0.970. The van der Waals surface area contributed by atoms with E-state index in [1.807, 2.05) is 0 Å². The number of nitrogens with one attached hydrogen (secondary N) is 1. The number of halogens is 1. The van der Waals surface area contributed by atoms with Gasteiger partial charge in [-0.05, 0) is 12.8 Å². The van der Waals surface area contributed by atoms with Crippen molar-refractivity contribution >= 4 is 23.6 Å². The smallest absolute Gasteiger partial charge is 0.404 e. The largest absolute Gasteiger partial charge is 0.465 e. The Morgan fingerprint density at radius 1 is 1.43 bits per heavy atom. The number of carbonyl (C=O) groups excluding carboxylic acids is 1. The second-order valence-electron chi connectivity index (χ2n) is 3.24. The van der Waals surface area contributed by atoms with Crippen LogP contribution >= 0.6 is 11.6 Å². The third-order valence-corrected chi connectivity index (χ3v) is 2.52. The summed E-state index contributed by atoms with van der Waals surface area (Å²) in [6.45, 7) is 1.16. The van der Waals surface area contributed by atoms with Crippen molar-refractivity contribution in [2.75, 3.05) is 19.0 Å². The van der Waals surface area contributed by atoms with Crippen molar-refractivity contribution in [2.45, 2.75) is 18.9 Å². The normalized spacial score (nSPS) is 17.9. The van der Waals surface area contributed by atoms with Gasteiger partial charge in [0.05, 0.1) is 0 Å². The zero-order valence-corrected chi connectivity index (χ0v) is 8.46. The Morgan fingerprint density at radius 3 is 2.43 bits per heavy atom. The van der Waals surface area contributed by atoms with E-state index in [-0.39, 0.29) is 17.8 Å². The summed E-state index contributed by atoms with van der Waals surface area (Å²) in [5.74, 6) is -0.0859. The molecule has 0 aliphatic carbocycles. The number of carboxylic acid groups (broad SMARTS) is 1. The Labute approximate surface area is 87.0 Å². The zero-order valence-electron chi connectivity index (χ0n) is 7.70. The number of nitrogens with zero attached hydrogens (tertiary/aromatic N) is 1. The number of hydrogen-bond acceptors (Lipinski definition) is 2. The molecule has 0 radical (unpaired) electrons. The summed E-state index contributed by atoms with van der Waals surface area (Å²) in [6, 6.07) is -0.0353. The van der Waals surface area contributed by atoms with Gasteiger partial charge in [-0.1, -0.05) is 0 Å². The molecule has 0 saturated carbocycles. The van der Waals surface area contributed by atoms with E-state index in [4.69, 9.17) is 16.7 Å². The Kier molecular flexibility index (Phi) is 4.00. The van der Waals surface area contributed by atoms with E-state index in [0.717, 1.165) is 0 Å². The molecule has 0 bridgehead atoms. The van der Waals surface area contributed by atoms with Crippen molar-refractivity contribution in [3.8, 4) is 0 Å². The van der Waals surface area contributed by atoms with Crippen molar-refractivity contribution in [3.05, 3.63) is 0 Å². The molecular formula is C8H13ClN2O3. The van der Waals surface area contributed by atoms with Gasteiger partial charge in [0.1, 0.15) is 5.88 Å². The molecule has 6 heteroatoms. The molecule has 1 fully saturated rings. The van der Waals surface area contributed by atoms with Crippen LogP contribution in [0.2, 0.25) is 0 Å². The van der Waals surface area contributed by atoms with Gasteiger partial charge in [0.25, 0.3) is 0 Å². The standard InChI is InChI=1S/C8H13ClN2O3/c9-5-7(12)11-3-1-6(2-4-11)10-8(13)14/h6,10H,1-5H2,(H,13,14). The third kappa shape index (κ3) is 3.06. The average Bonchev–Trinajstić information content (AvgIpc) is 2.17. The summed E-state index contributed by atoms with van der Waals surface area (Å²) in [7, 11) is 0. The van der Waals surface area contributed by atoms with E-state index in [9.17, 15) is 9.59 Å². The first kappa shape index (κ1) is 11.1. The van der Waals surface area contributed by atoms with Crippen LogP contribution in [0.25, 0.3) is 0 Å². The first-order chi connectivity index (χ1) is 6.63. The molecule has 1 heterocycles. The van der Waals surface area contributed by atoms with Crippen molar-refractivity contribution in [3.63, 3.8) is 0 Å². The van der Waals surface area contributed by atoms with Crippen molar-refractivity contribution < 1.29 is 14.7 Å². The molecule has 1 aliphatic rings. The minimum Gasteiger partial charge on any atom is -0.465 e. The molecule has 1 aliphatic heterocycles. The van der Waals surface area contributed by atoms with E-state index in [0.29, 0.717) is 25.9 Å². The van der Waals surface area contributed by atoms with Gasteiger partial charge in [-0.25, -0.2) is 4.79 Å². The van der Waals surface area contributed by atoms with Gasteiger partial charge in [0, 0.05) is 19.1 Å². The van der Waals surface area contributed by atoms with Crippen LogP contribution in [0.3, 0.4) is 0 Å².